The van der Waals surface area contributed by atoms with Crippen LogP contribution in [0.4, 0.5) is 4.39 Å². The van der Waals surface area contributed by atoms with Crippen LogP contribution in [0.3, 0.4) is 0 Å². The number of esters is 4. The third-order valence-electron chi connectivity index (χ3n) is 7.18. The van der Waals surface area contributed by atoms with Crippen molar-refractivity contribution in [2.24, 2.45) is 0 Å². The number of halogens is 1. The van der Waals surface area contributed by atoms with Gasteiger partial charge in [0.05, 0.1) is 0 Å². The lowest BCUT2D eigenvalue weighted by molar-refractivity contribution is -0.134. The highest BCUT2D eigenvalue weighted by Crippen LogP contribution is 2.42. The first-order valence-electron chi connectivity index (χ1n) is 15.4. The molecule has 4 rings (SSSR count). The van der Waals surface area contributed by atoms with Gasteiger partial charge in [-0.25, -0.2) is 23.6 Å². The van der Waals surface area contributed by atoms with Crippen molar-refractivity contribution in [3.05, 3.63) is 133 Å². The summed E-state index contributed by atoms with van der Waals surface area (Å²) in [6.07, 6.45) is 3.71. The Bertz CT molecular complexity index is 2240. The standard InChI is InChI=1S/C41H35FO9/c1-22(2)38(43)48-15-14-47-35-13-10-27(17-34(35)42)16-26(9)28-19-33-32(36(21-28)50-40(45)24(5)6)20-29-18-30(49-39(44)23(3)4)11-12-31(29)37(33)51-41(46)25(7)8/h10-21H,1,3,5,7H2,2,4,6,8-9H3/b15-14-,26-16+. The molecule has 0 N–H and O–H groups in total. The molecule has 0 aliphatic rings. The zero-order valence-electron chi connectivity index (χ0n) is 28.8. The predicted octanol–water partition coefficient (Wildman–Crippen LogP) is 9.11. The molecule has 0 bridgehead atoms. The monoisotopic (exact) mass is 690 g/mol. The molecule has 9 nitrogen and oxygen atoms in total. The van der Waals surface area contributed by atoms with E-state index in [9.17, 15) is 23.6 Å². The van der Waals surface area contributed by atoms with Gasteiger partial charge in [0, 0.05) is 38.5 Å². The number of fused-ring (bicyclic) bond motifs is 2. The molecule has 0 atom stereocenters. The first kappa shape index (κ1) is 37.3. The summed E-state index contributed by atoms with van der Waals surface area (Å²) in [5, 5.41) is 1.81. The predicted molar refractivity (Wildman–Crippen MR) is 193 cm³/mol. The fourth-order valence-electron chi connectivity index (χ4n) is 4.50. The van der Waals surface area contributed by atoms with Gasteiger partial charge in [-0.15, -0.1) is 0 Å². The van der Waals surface area contributed by atoms with Gasteiger partial charge in [0.1, 0.15) is 29.8 Å². The third-order valence-corrected chi connectivity index (χ3v) is 7.18. The summed E-state index contributed by atoms with van der Waals surface area (Å²) in [5.41, 5.74) is 2.34. The van der Waals surface area contributed by atoms with Gasteiger partial charge in [-0.3, -0.25) is 0 Å². The second-order valence-corrected chi connectivity index (χ2v) is 11.8. The summed E-state index contributed by atoms with van der Waals surface area (Å²) in [4.78, 5) is 49.5. The van der Waals surface area contributed by atoms with Gasteiger partial charge in [-0.1, -0.05) is 38.5 Å². The van der Waals surface area contributed by atoms with Crippen LogP contribution in [0.2, 0.25) is 0 Å². The number of benzene rings is 4. The molecule has 0 heterocycles. The summed E-state index contributed by atoms with van der Waals surface area (Å²) >= 11 is 0. The third kappa shape index (κ3) is 9.12. The van der Waals surface area contributed by atoms with Crippen LogP contribution in [0.15, 0.2) is 116 Å². The van der Waals surface area contributed by atoms with E-state index in [1.54, 1.807) is 55.5 Å². The number of rotatable bonds is 12. The van der Waals surface area contributed by atoms with Gasteiger partial charge in [-0.05, 0) is 105 Å². The molecule has 0 unspecified atom stereocenters. The number of ether oxygens (including phenoxy) is 5. The molecule has 0 saturated heterocycles. The van der Waals surface area contributed by atoms with Crippen LogP contribution >= 0.6 is 0 Å². The Balaban J connectivity index is 1.86. The Morgan fingerprint density at radius 2 is 1.24 bits per heavy atom. The number of hydrogen-bond acceptors (Lipinski definition) is 9. The van der Waals surface area contributed by atoms with Gasteiger partial charge < -0.3 is 23.7 Å². The van der Waals surface area contributed by atoms with Crippen molar-refractivity contribution in [2.75, 3.05) is 0 Å². The fraction of sp³-hybridized carbons (Fsp3) is 0.122. The van der Waals surface area contributed by atoms with Crippen LogP contribution in [0.5, 0.6) is 23.0 Å². The van der Waals surface area contributed by atoms with Gasteiger partial charge in [0.15, 0.2) is 11.6 Å². The average Bonchev–Trinajstić information content (AvgIpc) is 3.06. The molecule has 0 fully saturated rings. The maximum atomic E-state index is 15.0. The van der Waals surface area contributed by atoms with Gasteiger partial charge in [-0.2, -0.15) is 0 Å². The molecule has 0 amide bonds. The lowest BCUT2D eigenvalue weighted by Crippen LogP contribution is -2.11. The minimum atomic E-state index is -0.694. The molecular formula is C41H35FO9. The Morgan fingerprint density at radius 1 is 0.608 bits per heavy atom. The topological polar surface area (TPSA) is 114 Å². The average molecular weight is 691 g/mol. The highest BCUT2D eigenvalue weighted by molar-refractivity contribution is 6.11. The van der Waals surface area contributed by atoms with E-state index in [-0.39, 0.29) is 45.3 Å². The Labute approximate surface area is 294 Å². The molecule has 260 valence electrons. The van der Waals surface area contributed by atoms with E-state index in [1.165, 1.54) is 39.8 Å². The Hall–Kier alpha value is -6.55. The number of allylic oxidation sites excluding steroid dienone is 1. The molecule has 51 heavy (non-hydrogen) atoms. The molecular weight excluding hydrogens is 655 g/mol. The minimum absolute atomic E-state index is 0.111. The Morgan fingerprint density at radius 3 is 1.86 bits per heavy atom. The van der Waals surface area contributed by atoms with E-state index in [4.69, 9.17) is 23.7 Å². The van der Waals surface area contributed by atoms with Crippen LogP contribution < -0.4 is 18.9 Å². The zero-order chi connectivity index (χ0) is 37.6. The fourth-order valence-corrected chi connectivity index (χ4v) is 4.50. The number of carbonyl (C=O) groups excluding carboxylic acids is 4. The van der Waals surface area contributed by atoms with Crippen molar-refractivity contribution in [2.45, 2.75) is 34.6 Å². The Kier molecular flexibility index (Phi) is 11.5. The second kappa shape index (κ2) is 15.8. The second-order valence-electron chi connectivity index (χ2n) is 11.8. The van der Waals surface area contributed by atoms with E-state index in [2.05, 4.69) is 26.3 Å². The molecule has 0 aliphatic heterocycles. The van der Waals surface area contributed by atoms with Crippen molar-refractivity contribution < 1.29 is 47.3 Å². The molecule has 0 aromatic heterocycles. The van der Waals surface area contributed by atoms with Crippen LogP contribution in [-0.2, 0) is 23.9 Å². The van der Waals surface area contributed by atoms with E-state index in [0.717, 1.165) is 12.5 Å². The molecule has 0 radical (unpaired) electrons. The smallest absolute Gasteiger partial charge is 0.338 e. The van der Waals surface area contributed by atoms with Crippen molar-refractivity contribution in [1.82, 2.24) is 0 Å². The first-order valence-corrected chi connectivity index (χ1v) is 15.4. The van der Waals surface area contributed by atoms with Gasteiger partial charge in [0.25, 0.3) is 0 Å². The molecule has 0 saturated carbocycles. The van der Waals surface area contributed by atoms with E-state index in [1.807, 2.05) is 0 Å². The van der Waals surface area contributed by atoms with Gasteiger partial charge >= 0.3 is 23.9 Å². The summed E-state index contributed by atoms with van der Waals surface area (Å²) < 4.78 is 42.1. The van der Waals surface area contributed by atoms with Crippen LogP contribution in [0.1, 0.15) is 45.7 Å². The first-order chi connectivity index (χ1) is 24.0. The summed E-state index contributed by atoms with van der Waals surface area (Å²) in [5.74, 6) is -2.97. The quantitative estimate of drug-likeness (QED) is 0.0359. The SMILES string of the molecule is C=C(C)C(=O)O/C=C\Oc1ccc(/C=C(\C)c2cc(OC(=O)C(=C)C)c3cc4cc(OC(=O)C(=C)C)ccc4c(OC(=O)C(=C)C)c3c2)cc1F. The normalized spacial score (nSPS) is 11.2. The number of carbonyl (C=O) groups is 4. The molecule has 0 spiro atoms. The number of hydrogen-bond donors (Lipinski definition) is 0. The van der Waals surface area contributed by atoms with E-state index < -0.39 is 29.7 Å². The van der Waals surface area contributed by atoms with Crippen LogP contribution in [0, 0.1) is 5.82 Å². The minimum Gasteiger partial charge on any atom is -0.459 e. The van der Waals surface area contributed by atoms with Crippen molar-refractivity contribution in [3.63, 3.8) is 0 Å². The summed E-state index contributed by atoms with van der Waals surface area (Å²) in [6, 6.07) is 14.1. The highest BCUT2D eigenvalue weighted by Gasteiger charge is 2.20. The molecule has 4 aromatic rings. The lowest BCUT2D eigenvalue weighted by atomic mass is 9.96. The summed E-state index contributed by atoms with van der Waals surface area (Å²) in [7, 11) is 0. The van der Waals surface area contributed by atoms with E-state index in [0.29, 0.717) is 38.2 Å². The van der Waals surface area contributed by atoms with Crippen molar-refractivity contribution >= 4 is 57.1 Å². The van der Waals surface area contributed by atoms with Crippen LogP contribution in [-0.4, -0.2) is 23.9 Å². The molecule has 4 aromatic carbocycles. The maximum absolute atomic E-state index is 15.0. The van der Waals surface area contributed by atoms with E-state index >= 15 is 0 Å². The molecule has 10 heteroatoms. The van der Waals surface area contributed by atoms with Crippen LogP contribution in [0.25, 0.3) is 33.2 Å². The largest absolute Gasteiger partial charge is 0.459 e. The summed E-state index contributed by atoms with van der Waals surface area (Å²) in [6.45, 7) is 22.2. The van der Waals surface area contributed by atoms with Crippen molar-refractivity contribution in [3.8, 4) is 23.0 Å². The zero-order valence-corrected chi connectivity index (χ0v) is 28.8. The lowest BCUT2D eigenvalue weighted by Gasteiger charge is -2.17. The highest BCUT2D eigenvalue weighted by atomic mass is 19.1. The maximum Gasteiger partial charge on any atom is 0.338 e. The molecule has 0 aliphatic carbocycles. The van der Waals surface area contributed by atoms with Crippen molar-refractivity contribution in [1.29, 1.82) is 0 Å². The van der Waals surface area contributed by atoms with Gasteiger partial charge in [0.2, 0.25) is 0 Å².